The molecule has 4 atom stereocenters. The molecular formula is C83H132O28P8. The van der Waals surface area contributed by atoms with Crippen LogP contribution in [0.4, 0.5) is 0 Å². The SMILES string of the molecule is CC(C)=CCC/C(C)=C/CC/C(C)=C/CC/C(C)=C/COP1(=O)OC2(OP(=O)(OC/C=C(\C)CC/C=C(\C)CC/C=C(\C)CCC=C(C)C)OP(=O)(OC34OP(=O)(OC/C=C(\C)CC/C=C(\C)CC/C=C(\C)CCC=C(C)C)OP(=O)(O3)O4)OC34OP(=O)(OC/C=C(\C)CC/C=C(\C)CC/C=C(\C)CCC=C(C)C)OP(=O)(O3)O4)OP(=O)(O2)O1. The summed E-state index contributed by atoms with van der Waals surface area (Å²) in [5, 5.41) is 0. The molecule has 119 heavy (non-hydrogen) atoms. The number of hydrogen-bond acceptors (Lipinski definition) is 28. The fourth-order valence-electron chi connectivity index (χ4n) is 11.9. The molecule has 0 spiro atoms. The highest BCUT2D eigenvalue weighted by Gasteiger charge is 2.80. The van der Waals surface area contributed by atoms with E-state index in [0.29, 0.717) is 56.9 Å². The van der Waals surface area contributed by atoms with Gasteiger partial charge in [-0.15, -0.1) is 0 Å². The standard InChI is InChI=1S/C83H132O28P8/c1-65(2)33-21-37-69(9)41-25-45-73(13)49-29-53-77(17)57-61-92-112(84)96-81(100-116(88,101-81)108-112)97-113(85,93-62-58-78(18)54-30-50-74(14)46-26-42-70(10)38-22-34-66(3)4)109-117(89,102-82-98-114(86,110-118(90,104-82)105-82)94-63-59-79(19)55-31-51-75(15)47-27-43-71(11)39-23-35-67(5)6)103-83-99-115(87,111-119(91,106-83)107-83)95-64-60-80(20)56-32-52-76(16)48-28-44-72(12)40-24-36-68(7)8/h33-36,41-44,49-52,57-60H,21-32,37-40,45-48,53-56,61-64H2,1-20H3/b69-41+,70-42+,71-43+,72-44+,73-49+,74-50+,75-51+,76-52+,77-57+,78-58+,79-59+,80-60+. The Labute approximate surface area is 708 Å². The summed E-state index contributed by atoms with van der Waals surface area (Å²) in [4.78, 5) is 0. The van der Waals surface area contributed by atoms with Crippen molar-refractivity contribution in [3.05, 3.63) is 186 Å². The first-order chi connectivity index (χ1) is 55.7. The van der Waals surface area contributed by atoms with E-state index in [1.165, 1.54) is 79.5 Å². The Kier molecular flexibility index (Phi) is 42.8. The van der Waals surface area contributed by atoms with Crippen molar-refractivity contribution >= 4 is 62.6 Å². The van der Waals surface area contributed by atoms with E-state index in [-0.39, 0.29) is 0 Å². The number of allylic oxidation sites excluding steroid dienone is 28. The number of rotatable bonds is 56. The maximum atomic E-state index is 16.0. The second kappa shape index (κ2) is 48.7. The summed E-state index contributed by atoms with van der Waals surface area (Å²) in [6.45, 7) is 38.0. The van der Waals surface area contributed by atoms with Crippen LogP contribution in [0.3, 0.4) is 0 Å². The lowest BCUT2D eigenvalue weighted by molar-refractivity contribution is -0.467. The maximum Gasteiger partial charge on any atom is 0.496 e. The normalized spacial score (nSPS) is 28.9. The van der Waals surface area contributed by atoms with Crippen molar-refractivity contribution in [3.63, 3.8) is 0 Å². The zero-order valence-corrected chi connectivity index (χ0v) is 80.7. The highest BCUT2D eigenvalue weighted by molar-refractivity contribution is 7.66. The summed E-state index contributed by atoms with van der Waals surface area (Å²) < 4.78 is 224. The van der Waals surface area contributed by atoms with Crippen molar-refractivity contribution < 1.29 is 126 Å². The van der Waals surface area contributed by atoms with Crippen LogP contribution in [-0.2, 0) is 126 Å². The molecule has 9 rings (SSSR count). The molecule has 9 aliphatic heterocycles. The van der Waals surface area contributed by atoms with Gasteiger partial charge in [-0.05, 0) is 293 Å². The van der Waals surface area contributed by atoms with Crippen LogP contribution in [0.25, 0.3) is 0 Å². The second-order valence-corrected chi connectivity index (χ2v) is 44.9. The largest absolute Gasteiger partial charge is 0.496 e. The van der Waals surface area contributed by atoms with Crippen LogP contribution >= 0.6 is 62.6 Å². The van der Waals surface area contributed by atoms with Gasteiger partial charge in [0, 0.05) is 0 Å². The number of fused-ring (bicyclic) bond motifs is 6. The first-order valence-electron chi connectivity index (χ1n) is 40.8. The van der Waals surface area contributed by atoms with Crippen molar-refractivity contribution in [2.24, 2.45) is 0 Å². The van der Waals surface area contributed by atoms with Gasteiger partial charge in [0.25, 0.3) is 0 Å². The van der Waals surface area contributed by atoms with Gasteiger partial charge < -0.3 is 0 Å². The summed E-state index contributed by atoms with van der Waals surface area (Å²) in [7, 11) is -43.8. The number of hydrogen-bond donors (Lipinski definition) is 0. The Morgan fingerprint density at radius 1 is 0.244 bits per heavy atom. The van der Waals surface area contributed by atoms with Crippen molar-refractivity contribution in [2.45, 2.75) is 311 Å². The molecule has 0 N–H and O–H groups in total. The minimum atomic E-state index is -6.61. The van der Waals surface area contributed by atoms with Gasteiger partial charge >= 0.3 is 81.1 Å². The Morgan fingerprint density at radius 3 is 0.622 bits per heavy atom. The Bertz CT molecular complexity index is 4230. The van der Waals surface area contributed by atoms with Gasteiger partial charge in [-0.2, -0.15) is 17.2 Å². The molecule has 0 amide bonds. The summed E-state index contributed by atoms with van der Waals surface area (Å²) >= 11 is 0. The number of phosphoric ester groups is 8. The van der Waals surface area contributed by atoms with Crippen molar-refractivity contribution in [2.75, 3.05) is 26.4 Å². The summed E-state index contributed by atoms with van der Waals surface area (Å²) in [6.07, 6.45) is 40.6. The highest BCUT2D eigenvalue weighted by atomic mass is 31.3. The molecule has 672 valence electrons. The van der Waals surface area contributed by atoms with Gasteiger partial charge in [0.2, 0.25) is 0 Å². The molecule has 6 bridgehead atoms. The molecular weight excluding hydrogens is 1690 g/mol. The van der Waals surface area contributed by atoms with Crippen LogP contribution in [0.1, 0.15) is 293 Å². The van der Waals surface area contributed by atoms with Crippen molar-refractivity contribution in [1.29, 1.82) is 0 Å². The van der Waals surface area contributed by atoms with Crippen LogP contribution in [0.15, 0.2) is 186 Å². The minimum Gasteiger partial charge on any atom is -0.282 e. The maximum absolute atomic E-state index is 16.0. The van der Waals surface area contributed by atoms with E-state index >= 15 is 9.13 Å². The van der Waals surface area contributed by atoms with Crippen LogP contribution in [0.2, 0.25) is 0 Å². The van der Waals surface area contributed by atoms with E-state index in [2.05, 4.69) is 163 Å². The summed E-state index contributed by atoms with van der Waals surface area (Å²) in [5.41, 5.74) is 18.0. The van der Waals surface area contributed by atoms with Gasteiger partial charge in [-0.3, -0.25) is 18.1 Å². The molecule has 0 saturated carbocycles. The molecule has 0 aromatic heterocycles. The lowest BCUT2D eigenvalue weighted by atomic mass is 10.0. The van der Waals surface area contributed by atoms with E-state index in [1.54, 1.807) is 33.8 Å². The molecule has 4 unspecified atom stereocenters. The molecule has 0 aromatic rings. The molecule has 9 aliphatic rings. The van der Waals surface area contributed by atoms with E-state index in [1.807, 2.05) is 20.8 Å². The third-order valence-corrected chi connectivity index (χ3v) is 32.4. The minimum absolute atomic E-state index is 0.400. The smallest absolute Gasteiger partial charge is 0.282 e. The third-order valence-electron chi connectivity index (χ3n) is 18.8. The zero-order chi connectivity index (χ0) is 88.0. The van der Waals surface area contributed by atoms with Crippen LogP contribution in [-0.4, -0.2) is 44.9 Å². The molecule has 9 saturated heterocycles. The topological polar surface area (TPSA) is 321 Å². The van der Waals surface area contributed by atoms with Gasteiger partial charge in [0.1, 0.15) is 0 Å². The molecule has 28 nitrogen and oxygen atoms in total. The first kappa shape index (κ1) is 105. The first-order valence-corrected chi connectivity index (χ1v) is 52.5. The molecule has 0 radical (unpaired) electrons. The van der Waals surface area contributed by atoms with Gasteiger partial charge in [0.05, 0.1) is 26.4 Å². The van der Waals surface area contributed by atoms with Crippen LogP contribution < -0.4 is 0 Å². The second-order valence-electron chi connectivity index (χ2n) is 31.9. The summed E-state index contributed by atoms with van der Waals surface area (Å²) in [5.74, 6) is 0. The number of phosphoric acid groups is 8. The van der Waals surface area contributed by atoms with Crippen LogP contribution in [0.5, 0.6) is 0 Å². The van der Waals surface area contributed by atoms with E-state index in [4.69, 9.17) is 89.6 Å². The predicted molar refractivity (Wildman–Crippen MR) is 464 cm³/mol. The van der Waals surface area contributed by atoms with Gasteiger partial charge in [-0.1, -0.05) is 186 Å². The molecule has 9 heterocycles. The Hall–Kier alpha value is -3.12. The average molecular weight is 1830 g/mol. The van der Waals surface area contributed by atoms with E-state index in [9.17, 15) is 27.4 Å². The Balaban J connectivity index is 1.27. The fourth-order valence-corrected chi connectivity index (χ4v) is 24.7. The molecule has 0 aliphatic carbocycles. The van der Waals surface area contributed by atoms with Crippen LogP contribution in [0, 0.1) is 0 Å². The fraction of sp³-hybridized carbons (Fsp3) is 0.614. The van der Waals surface area contributed by atoms with Gasteiger partial charge in [0.15, 0.2) is 0 Å². The lowest BCUT2D eigenvalue weighted by Crippen LogP contribution is -2.53. The highest BCUT2D eigenvalue weighted by Crippen LogP contribution is 2.89. The molecule has 0 aromatic carbocycles. The van der Waals surface area contributed by atoms with Gasteiger partial charge in [-0.25, -0.2) is 90.8 Å². The van der Waals surface area contributed by atoms with E-state index in [0.717, 1.165) is 125 Å². The molecule has 36 heteroatoms. The Morgan fingerprint density at radius 2 is 0.420 bits per heavy atom. The monoisotopic (exact) mass is 1820 g/mol. The quantitative estimate of drug-likeness (QED) is 0.0403. The third kappa shape index (κ3) is 39.3. The average Bonchev–Trinajstić information content (AvgIpc) is 0.700. The lowest BCUT2D eigenvalue weighted by Gasteiger charge is -2.50. The molecule has 9 fully saturated rings. The van der Waals surface area contributed by atoms with Crippen molar-refractivity contribution in [3.8, 4) is 0 Å². The van der Waals surface area contributed by atoms with E-state index < -0.39 is 107 Å². The summed E-state index contributed by atoms with van der Waals surface area (Å²) in [6, 6.07) is 0. The predicted octanol–water partition coefficient (Wildman–Crippen LogP) is 30.7. The zero-order valence-electron chi connectivity index (χ0n) is 73.5. The van der Waals surface area contributed by atoms with Crippen molar-refractivity contribution in [1.82, 2.24) is 0 Å².